The van der Waals surface area contributed by atoms with E-state index < -0.39 is 0 Å². The van der Waals surface area contributed by atoms with Gasteiger partial charge in [-0.3, -0.25) is 0 Å². The zero-order valence-electron chi connectivity index (χ0n) is 12.2. The topological polar surface area (TPSA) is 50.2 Å². The van der Waals surface area contributed by atoms with Gasteiger partial charge in [0.15, 0.2) is 0 Å². The Bertz CT molecular complexity index is 694. The molecule has 0 atom stereocenters. The minimum Gasteiger partial charge on any atom is -0.317 e. The first-order valence-corrected chi connectivity index (χ1v) is 6.97. The second kappa shape index (κ2) is 5.44. The molecule has 2 aromatic rings. The van der Waals surface area contributed by atoms with Crippen LogP contribution in [0, 0.1) is 13.8 Å². The third-order valence-electron chi connectivity index (χ3n) is 3.54. The van der Waals surface area contributed by atoms with E-state index in [0.717, 1.165) is 11.3 Å². The first kappa shape index (κ1) is 13.4. The molecule has 0 bridgehead atoms. The monoisotopic (exact) mass is 282 g/mol. The zero-order valence-corrected chi connectivity index (χ0v) is 12.2. The fourth-order valence-corrected chi connectivity index (χ4v) is 2.43. The number of carbonyl (C=O) groups excluding carboxylic acids is 1. The summed E-state index contributed by atoms with van der Waals surface area (Å²) in [6.45, 7) is 5.45. The third-order valence-corrected chi connectivity index (χ3v) is 3.54. The smallest absolute Gasteiger partial charge is 0.317 e. The second-order valence-corrected chi connectivity index (χ2v) is 5.27. The van der Waals surface area contributed by atoms with Gasteiger partial charge in [0.25, 0.3) is 0 Å². The van der Waals surface area contributed by atoms with Gasteiger partial charge in [-0.1, -0.05) is 29.8 Å². The molecule has 2 heterocycles. The Morgan fingerprint density at radius 2 is 2.00 bits per heavy atom. The number of hydrogen-bond acceptors (Lipinski definition) is 2. The average molecular weight is 282 g/mol. The van der Waals surface area contributed by atoms with Gasteiger partial charge in [0.1, 0.15) is 0 Å². The van der Waals surface area contributed by atoms with E-state index in [2.05, 4.69) is 36.4 Å². The Labute approximate surface area is 123 Å². The maximum atomic E-state index is 12.0. The van der Waals surface area contributed by atoms with Gasteiger partial charge in [-0.25, -0.2) is 9.48 Å². The summed E-state index contributed by atoms with van der Waals surface area (Å²) in [5, 5.41) is 7.19. The van der Waals surface area contributed by atoms with Gasteiger partial charge in [-0.15, -0.1) is 0 Å². The zero-order chi connectivity index (χ0) is 14.8. The van der Waals surface area contributed by atoms with E-state index >= 15 is 0 Å². The van der Waals surface area contributed by atoms with Gasteiger partial charge in [0, 0.05) is 13.1 Å². The minimum absolute atomic E-state index is 0.0971. The van der Waals surface area contributed by atoms with Crippen LogP contribution in [0.1, 0.15) is 11.1 Å². The van der Waals surface area contributed by atoms with Gasteiger partial charge < -0.3 is 10.2 Å². The van der Waals surface area contributed by atoms with Crippen molar-refractivity contribution in [1.29, 1.82) is 0 Å². The van der Waals surface area contributed by atoms with Crippen molar-refractivity contribution in [2.75, 3.05) is 18.4 Å². The molecule has 2 amide bonds. The number of benzene rings is 1. The Hall–Kier alpha value is -2.56. The lowest BCUT2D eigenvalue weighted by molar-refractivity contribution is 0.224. The van der Waals surface area contributed by atoms with Gasteiger partial charge in [0.2, 0.25) is 0 Å². The first-order valence-electron chi connectivity index (χ1n) is 6.97. The van der Waals surface area contributed by atoms with Crippen molar-refractivity contribution in [3.63, 3.8) is 0 Å². The van der Waals surface area contributed by atoms with E-state index in [1.807, 2.05) is 24.4 Å². The summed E-state index contributed by atoms with van der Waals surface area (Å²) < 4.78 is 1.78. The maximum absolute atomic E-state index is 12.0. The van der Waals surface area contributed by atoms with Gasteiger partial charge >= 0.3 is 6.03 Å². The molecule has 0 fully saturated rings. The highest BCUT2D eigenvalue weighted by atomic mass is 16.2. The number of amides is 2. The molecule has 0 saturated heterocycles. The molecule has 1 aromatic carbocycles. The van der Waals surface area contributed by atoms with Crippen LogP contribution in [0.2, 0.25) is 0 Å². The van der Waals surface area contributed by atoms with Gasteiger partial charge in [-0.2, -0.15) is 5.10 Å². The summed E-state index contributed by atoms with van der Waals surface area (Å²) in [4.78, 5) is 13.7. The van der Waals surface area contributed by atoms with Crippen molar-refractivity contribution >= 4 is 11.7 Å². The minimum atomic E-state index is -0.0971. The van der Waals surface area contributed by atoms with Crippen molar-refractivity contribution < 1.29 is 4.79 Å². The van der Waals surface area contributed by atoms with E-state index in [1.165, 1.54) is 5.56 Å². The summed E-state index contributed by atoms with van der Waals surface area (Å²) >= 11 is 0. The lowest BCUT2D eigenvalue weighted by Gasteiger charge is -2.15. The largest absolute Gasteiger partial charge is 0.322 e. The van der Waals surface area contributed by atoms with Crippen LogP contribution in [-0.4, -0.2) is 33.8 Å². The predicted molar refractivity (Wildman–Crippen MR) is 82.8 cm³/mol. The highest BCUT2D eigenvalue weighted by Crippen LogP contribution is 2.17. The van der Waals surface area contributed by atoms with Crippen LogP contribution in [0.4, 0.5) is 10.5 Å². The Balaban J connectivity index is 1.75. The fourth-order valence-electron chi connectivity index (χ4n) is 2.43. The molecule has 5 nitrogen and oxygen atoms in total. The number of hydrogen-bond donors (Lipinski definition) is 1. The molecule has 0 unspecified atom stereocenters. The lowest BCUT2D eigenvalue weighted by atomic mass is 10.1. The number of anilines is 1. The Morgan fingerprint density at radius 1 is 1.24 bits per heavy atom. The highest BCUT2D eigenvalue weighted by Gasteiger charge is 2.15. The molecule has 1 aliphatic heterocycles. The standard InChI is InChI=1S/C16H18N4O/c1-12-5-6-15(13(2)9-12)20-11-14(10-17-20)18-16(21)19-7-3-4-8-19/h3-6,9-11H,7-8H2,1-2H3,(H,18,21). The van der Waals surface area contributed by atoms with Crippen molar-refractivity contribution in [1.82, 2.24) is 14.7 Å². The molecular weight excluding hydrogens is 264 g/mol. The molecule has 0 radical (unpaired) electrons. The van der Waals surface area contributed by atoms with Crippen LogP contribution >= 0.6 is 0 Å². The van der Waals surface area contributed by atoms with Crippen LogP contribution in [0.25, 0.3) is 5.69 Å². The van der Waals surface area contributed by atoms with Crippen molar-refractivity contribution in [2.24, 2.45) is 0 Å². The van der Waals surface area contributed by atoms with Crippen LogP contribution < -0.4 is 5.32 Å². The number of nitrogens with zero attached hydrogens (tertiary/aromatic N) is 3. The summed E-state index contributed by atoms with van der Waals surface area (Å²) in [6.07, 6.45) is 7.47. The molecule has 0 spiro atoms. The van der Waals surface area contributed by atoms with E-state index in [-0.39, 0.29) is 6.03 Å². The number of carbonyl (C=O) groups is 1. The summed E-state index contributed by atoms with van der Waals surface area (Å²) in [5.41, 5.74) is 4.09. The SMILES string of the molecule is Cc1ccc(-n2cc(NC(=O)N3CC=CC3)cn2)c(C)c1. The normalized spacial score (nSPS) is 13.7. The molecule has 1 N–H and O–H groups in total. The van der Waals surface area contributed by atoms with E-state index in [9.17, 15) is 4.79 Å². The van der Waals surface area contributed by atoms with Crippen molar-refractivity contribution in [3.8, 4) is 5.69 Å². The maximum Gasteiger partial charge on any atom is 0.322 e. The molecule has 0 saturated carbocycles. The van der Waals surface area contributed by atoms with E-state index in [4.69, 9.17) is 0 Å². The molecule has 0 aliphatic carbocycles. The number of urea groups is 1. The summed E-state index contributed by atoms with van der Waals surface area (Å²) in [5.74, 6) is 0. The van der Waals surface area contributed by atoms with E-state index in [1.54, 1.807) is 15.8 Å². The second-order valence-electron chi connectivity index (χ2n) is 5.27. The number of aromatic nitrogens is 2. The Morgan fingerprint density at radius 3 is 2.71 bits per heavy atom. The quantitative estimate of drug-likeness (QED) is 0.861. The Kier molecular flexibility index (Phi) is 3.48. The molecule has 1 aliphatic rings. The highest BCUT2D eigenvalue weighted by molar-refractivity contribution is 5.89. The van der Waals surface area contributed by atoms with Crippen LogP contribution in [0.15, 0.2) is 42.7 Å². The number of rotatable bonds is 2. The fraction of sp³-hybridized carbons (Fsp3) is 0.250. The van der Waals surface area contributed by atoms with Crippen molar-refractivity contribution in [2.45, 2.75) is 13.8 Å². The molecule has 1 aromatic heterocycles. The molecule has 108 valence electrons. The average Bonchev–Trinajstić information content (AvgIpc) is 3.09. The van der Waals surface area contributed by atoms with Crippen LogP contribution in [0.5, 0.6) is 0 Å². The van der Waals surface area contributed by atoms with Crippen LogP contribution in [-0.2, 0) is 0 Å². The molecular formula is C16H18N4O. The van der Waals surface area contributed by atoms with Gasteiger partial charge in [-0.05, 0) is 25.5 Å². The number of aryl methyl sites for hydroxylation is 2. The van der Waals surface area contributed by atoms with E-state index in [0.29, 0.717) is 18.8 Å². The molecule has 5 heteroatoms. The lowest BCUT2D eigenvalue weighted by Crippen LogP contribution is -2.32. The summed E-state index contributed by atoms with van der Waals surface area (Å²) in [6, 6.07) is 6.11. The molecule has 21 heavy (non-hydrogen) atoms. The molecule has 3 rings (SSSR count). The van der Waals surface area contributed by atoms with Crippen LogP contribution in [0.3, 0.4) is 0 Å². The third kappa shape index (κ3) is 2.81. The predicted octanol–water partition coefficient (Wildman–Crippen LogP) is 2.89. The van der Waals surface area contributed by atoms with Gasteiger partial charge in [0.05, 0.1) is 23.8 Å². The summed E-state index contributed by atoms with van der Waals surface area (Å²) in [7, 11) is 0. The first-order chi connectivity index (χ1) is 10.1. The van der Waals surface area contributed by atoms with Crippen molar-refractivity contribution in [3.05, 3.63) is 53.9 Å². The number of nitrogens with one attached hydrogen (secondary N) is 1.